The lowest BCUT2D eigenvalue weighted by atomic mass is 10.3. The van der Waals surface area contributed by atoms with Crippen molar-refractivity contribution in [3.63, 3.8) is 0 Å². The molecule has 1 aromatic heterocycles. The third-order valence-corrected chi connectivity index (χ3v) is 2.13. The molecule has 0 atom stereocenters. The van der Waals surface area contributed by atoms with Crippen molar-refractivity contribution in [3.8, 4) is 0 Å². The maximum Gasteiger partial charge on any atom is 0.0453 e. The summed E-state index contributed by atoms with van der Waals surface area (Å²) in [7, 11) is 0. The van der Waals surface area contributed by atoms with Crippen LogP contribution >= 0.6 is 0 Å². The number of fused-ring (bicyclic) bond motifs is 1. The lowest BCUT2D eigenvalue weighted by Crippen LogP contribution is -1.61. The van der Waals surface area contributed by atoms with Crippen LogP contribution < -0.4 is 0 Å². The summed E-state index contributed by atoms with van der Waals surface area (Å²) >= 11 is 0. The van der Waals surface area contributed by atoms with Gasteiger partial charge in [-0.05, 0) is 17.5 Å². The monoisotopic (exact) mass is 195 g/mol. The van der Waals surface area contributed by atoms with Gasteiger partial charge in [0.15, 0.2) is 0 Å². The Morgan fingerprint density at radius 2 is 1.20 bits per heavy atom. The van der Waals surface area contributed by atoms with Gasteiger partial charge in [-0.3, -0.25) is 0 Å². The summed E-state index contributed by atoms with van der Waals surface area (Å²) in [6.45, 7) is 0. The normalized spacial score (nSPS) is 9.33. The summed E-state index contributed by atoms with van der Waals surface area (Å²) in [4.78, 5) is 3.12. The molecule has 0 spiro atoms. The van der Waals surface area contributed by atoms with Crippen molar-refractivity contribution in [1.29, 1.82) is 0 Å². The summed E-state index contributed by atoms with van der Waals surface area (Å²) in [5, 5.41) is 1.28. The molecule has 0 amide bonds. The minimum Gasteiger partial charge on any atom is -0.361 e. The molecule has 0 saturated carbocycles. The number of aromatic nitrogens is 1. The van der Waals surface area contributed by atoms with Crippen LogP contribution in [-0.2, 0) is 0 Å². The number of hydrogen-bond donors (Lipinski definition) is 1. The standard InChI is InChI=1S/C8H7N.C6H6/c1-2-4-8-7(3-1)5-6-9-8;1-2-4-6-5-3-1/h1-6,9H;1-6H. The molecule has 0 aliphatic heterocycles. The number of hydrogen-bond acceptors (Lipinski definition) is 0. The number of rotatable bonds is 0. The minimum atomic E-state index is 1.21. The van der Waals surface area contributed by atoms with Crippen LogP contribution in [0.1, 0.15) is 0 Å². The molecule has 1 nitrogen and oxygen atoms in total. The van der Waals surface area contributed by atoms with E-state index < -0.39 is 0 Å². The average Bonchev–Trinajstić information content (AvgIpc) is 2.80. The predicted octanol–water partition coefficient (Wildman–Crippen LogP) is 3.85. The number of para-hydroxylation sites is 1. The largest absolute Gasteiger partial charge is 0.361 e. The third kappa shape index (κ3) is 2.71. The van der Waals surface area contributed by atoms with E-state index in [4.69, 9.17) is 0 Å². The fraction of sp³-hybridized carbons (Fsp3) is 0. The Labute approximate surface area is 89.4 Å². The number of benzene rings is 2. The van der Waals surface area contributed by atoms with E-state index in [1.54, 1.807) is 0 Å². The number of nitrogens with one attached hydrogen (secondary N) is 1. The Morgan fingerprint density at radius 1 is 0.600 bits per heavy atom. The van der Waals surface area contributed by atoms with E-state index in [1.165, 1.54) is 10.9 Å². The van der Waals surface area contributed by atoms with E-state index in [0.717, 1.165) is 0 Å². The van der Waals surface area contributed by atoms with Crippen molar-refractivity contribution in [3.05, 3.63) is 72.9 Å². The van der Waals surface area contributed by atoms with Gasteiger partial charge in [0, 0.05) is 11.7 Å². The Bertz CT molecular complexity index is 440. The molecule has 0 aliphatic carbocycles. The zero-order valence-electron chi connectivity index (χ0n) is 8.43. The molecule has 15 heavy (non-hydrogen) atoms. The summed E-state index contributed by atoms with van der Waals surface area (Å²) in [6.07, 6.45) is 1.95. The van der Waals surface area contributed by atoms with Crippen LogP contribution in [0.15, 0.2) is 72.9 Å². The second kappa shape index (κ2) is 5.01. The van der Waals surface area contributed by atoms with Crippen molar-refractivity contribution in [1.82, 2.24) is 4.98 Å². The molecule has 0 unspecified atom stereocenters. The van der Waals surface area contributed by atoms with E-state index in [0.29, 0.717) is 0 Å². The topological polar surface area (TPSA) is 15.8 Å². The molecule has 1 N–H and O–H groups in total. The van der Waals surface area contributed by atoms with Gasteiger partial charge in [-0.15, -0.1) is 0 Å². The van der Waals surface area contributed by atoms with Crippen LogP contribution in [-0.4, -0.2) is 4.98 Å². The first kappa shape index (κ1) is 9.53. The van der Waals surface area contributed by atoms with Gasteiger partial charge in [0.05, 0.1) is 0 Å². The van der Waals surface area contributed by atoms with Crippen LogP contribution in [0.25, 0.3) is 10.9 Å². The van der Waals surface area contributed by atoms with Gasteiger partial charge in [0.2, 0.25) is 0 Å². The molecule has 1 heterocycles. The maximum atomic E-state index is 3.12. The summed E-state index contributed by atoms with van der Waals surface area (Å²) < 4.78 is 0. The van der Waals surface area contributed by atoms with Crippen LogP contribution in [0.5, 0.6) is 0 Å². The molecular formula is C14H13N. The molecule has 1 heteroatoms. The lowest BCUT2D eigenvalue weighted by molar-refractivity contribution is 1.48. The average molecular weight is 195 g/mol. The molecule has 0 aliphatic rings. The highest BCUT2D eigenvalue weighted by atomic mass is 14.6. The van der Waals surface area contributed by atoms with E-state index in [1.807, 2.05) is 54.7 Å². The predicted molar refractivity (Wildman–Crippen MR) is 64.7 cm³/mol. The number of aromatic amines is 1. The quantitative estimate of drug-likeness (QED) is 0.560. The Morgan fingerprint density at radius 3 is 1.80 bits per heavy atom. The van der Waals surface area contributed by atoms with Gasteiger partial charge in [0.25, 0.3) is 0 Å². The van der Waals surface area contributed by atoms with Crippen molar-refractivity contribution in [2.24, 2.45) is 0 Å². The Kier molecular flexibility index (Phi) is 3.18. The van der Waals surface area contributed by atoms with Gasteiger partial charge < -0.3 is 4.98 Å². The zero-order valence-corrected chi connectivity index (χ0v) is 8.43. The second-order valence-electron chi connectivity index (χ2n) is 3.22. The first-order valence-corrected chi connectivity index (χ1v) is 4.99. The van der Waals surface area contributed by atoms with E-state index >= 15 is 0 Å². The number of H-pyrrole nitrogens is 1. The van der Waals surface area contributed by atoms with Gasteiger partial charge >= 0.3 is 0 Å². The molecular weight excluding hydrogens is 182 g/mol. The Hall–Kier alpha value is -2.02. The van der Waals surface area contributed by atoms with Crippen LogP contribution in [0, 0.1) is 0 Å². The van der Waals surface area contributed by atoms with Gasteiger partial charge in [-0.1, -0.05) is 54.6 Å². The molecule has 0 bridgehead atoms. The van der Waals surface area contributed by atoms with Crippen LogP contribution in [0.3, 0.4) is 0 Å². The SMILES string of the molecule is c1ccc2[nH]ccc2c1.c1ccccc1. The minimum absolute atomic E-state index is 1.21. The first-order chi connectivity index (χ1) is 7.47. The van der Waals surface area contributed by atoms with E-state index in [9.17, 15) is 0 Å². The van der Waals surface area contributed by atoms with Crippen molar-refractivity contribution in [2.45, 2.75) is 0 Å². The lowest BCUT2D eigenvalue weighted by Gasteiger charge is -1.83. The smallest absolute Gasteiger partial charge is 0.0453 e. The highest BCUT2D eigenvalue weighted by Gasteiger charge is 1.86. The second-order valence-corrected chi connectivity index (χ2v) is 3.22. The van der Waals surface area contributed by atoms with Crippen molar-refractivity contribution < 1.29 is 0 Å². The third-order valence-electron chi connectivity index (χ3n) is 2.13. The van der Waals surface area contributed by atoms with E-state index in [2.05, 4.69) is 23.2 Å². The molecule has 3 rings (SSSR count). The molecule has 0 fully saturated rings. The molecule has 3 aromatic rings. The van der Waals surface area contributed by atoms with Crippen LogP contribution in [0.2, 0.25) is 0 Å². The van der Waals surface area contributed by atoms with Crippen molar-refractivity contribution >= 4 is 10.9 Å². The Balaban J connectivity index is 0.000000124. The van der Waals surface area contributed by atoms with Gasteiger partial charge in [-0.25, -0.2) is 0 Å². The summed E-state index contributed by atoms with van der Waals surface area (Å²) in [5.74, 6) is 0. The summed E-state index contributed by atoms with van der Waals surface area (Å²) in [5.41, 5.74) is 1.21. The fourth-order valence-electron chi connectivity index (χ4n) is 1.38. The van der Waals surface area contributed by atoms with Gasteiger partial charge in [0.1, 0.15) is 0 Å². The fourth-order valence-corrected chi connectivity index (χ4v) is 1.38. The highest BCUT2D eigenvalue weighted by Crippen LogP contribution is 2.09. The zero-order chi connectivity index (χ0) is 10.3. The molecule has 74 valence electrons. The summed E-state index contributed by atoms with van der Waals surface area (Å²) in [6, 6.07) is 22.3. The molecule has 0 saturated heterocycles. The first-order valence-electron chi connectivity index (χ1n) is 4.99. The highest BCUT2D eigenvalue weighted by molar-refractivity contribution is 5.78. The molecule has 2 aromatic carbocycles. The van der Waals surface area contributed by atoms with Crippen LogP contribution in [0.4, 0.5) is 0 Å². The van der Waals surface area contributed by atoms with Gasteiger partial charge in [-0.2, -0.15) is 0 Å². The maximum absolute atomic E-state index is 3.12. The van der Waals surface area contributed by atoms with E-state index in [-0.39, 0.29) is 0 Å². The van der Waals surface area contributed by atoms with Crippen molar-refractivity contribution in [2.75, 3.05) is 0 Å². The molecule has 0 radical (unpaired) electrons.